The molecule has 0 fully saturated rings. The van der Waals surface area contributed by atoms with Gasteiger partial charge in [0.25, 0.3) is 0 Å². The molecule has 0 aromatic carbocycles. The largest absolute Gasteiger partial charge is 0.381 e. The van der Waals surface area contributed by atoms with Crippen LogP contribution in [-0.4, -0.2) is 13.2 Å². The van der Waals surface area contributed by atoms with E-state index in [9.17, 15) is 0 Å². The first-order chi connectivity index (χ1) is 4.77. The molecule has 72 valence electrons. The van der Waals surface area contributed by atoms with Gasteiger partial charge in [0.15, 0.2) is 0 Å². The number of rotatable bonds is 4. The Morgan fingerprint density at radius 3 is 1.91 bits per heavy atom. The van der Waals surface area contributed by atoms with Crippen molar-refractivity contribution in [1.29, 1.82) is 0 Å². The highest BCUT2D eigenvalue weighted by molar-refractivity contribution is 14.0. The van der Waals surface area contributed by atoms with Crippen molar-refractivity contribution in [3.63, 3.8) is 0 Å². The highest BCUT2D eigenvalue weighted by Gasteiger charge is 1.89. The molecule has 0 N–H and O–H groups in total. The van der Waals surface area contributed by atoms with Crippen LogP contribution < -0.4 is 0 Å². The van der Waals surface area contributed by atoms with Crippen molar-refractivity contribution in [3.8, 4) is 0 Å². The van der Waals surface area contributed by atoms with Crippen molar-refractivity contribution in [2.24, 2.45) is 5.92 Å². The average molecular weight is 274 g/mol. The fourth-order valence-electron chi connectivity index (χ4n) is 0.463. The van der Waals surface area contributed by atoms with Crippen LogP contribution in [0.25, 0.3) is 0 Å². The van der Waals surface area contributed by atoms with Crippen molar-refractivity contribution < 1.29 is 4.74 Å². The second kappa shape index (κ2) is 17.0. The maximum Gasteiger partial charge on any atom is 0.0488 e. The molecule has 0 saturated heterocycles. The van der Waals surface area contributed by atoms with Crippen LogP contribution in [0.5, 0.6) is 0 Å². The Morgan fingerprint density at radius 1 is 1.18 bits per heavy atom. The third-order valence-electron chi connectivity index (χ3n) is 0.800. The van der Waals surface area contributed by atoms with Gasteiger partial charge in [0, 0.05) is 13.2 Å². The standard InChI is InChI=1S/C7H16O.C2H6.HI/c1-4-5-8-6-7(2)3;1-2;/h7H,4-6H2,1-3H3;1-2H3;1H. The first-order valence-electron chi connectivity index (χ1n) is 4.35. The minimum Gasteiger partial charge on any atom is -0.381 e. The number of halogens is 1. The molecule has 0 amide bonds. The summed E-state index contributed by atoms with van der Waals surface area (Å²) in [5.41, 5.74) is 0. The lowest BCUT2D eigenvalue weighted by Crippen LogP contribution is -2.01. The molecule has 0 spiro atoms. The summed E-state index contributed by atoms with van der Waals surface area (Å²) in [6.45, 7) is 12.3. The summed E-state index contributed by atoms with van der Waals surface area (Å²) in [4.78, 5) is 0. The van der Waals surface area contributed by atoms with Crippen molar-refractivity contribution in [2.75, 3.05) is 13.2 Å². The normalized spacial score (nSPS) is 8.18. The third-order valence-corrected chi connectivity index (χ3v) is 0.800. The van der Waals surface area contributed by atoms with E-state index in [1.54, 1.807) is 0 Å². The second-order valence-corrected chi connectivity index (χ2v) is 2.47. The Morgan fingerprint density at radius 2 is 1.64 bits per heavy atom. The molecule has 0 aliphatic carbocycles. The lowest BCUT2D eigenvalue weighted by atomic mass is 10.2. The van der Waals surface area contributed by atoms with E-state index in [0.29, 0.717) is 5.92 Å². The van der Waals surface area contributed by atoms with E-state index in [-0.39, 0.29) is 24.0 Å². The van der Waals surface area contributed by atoms with Crippen LogP contribution >= 0.6 is 24.0 Å². The molecule has 0 unspecified atom stereocenters. The molecular formula is C9H23IO. The number of hydrogen-bond donors (Lipinski definition) is 0. The molecule has 0 atom stereocenters. The van der Waals surface area contributed by atoms with Gasteiger partial charge in [-0.3, -0.25) is 0 Å². The van der Waals surface area contributed by atoms with Gasteiger partial charge in [-0.25, -0.2) is 0 Å². The minimum absolute atomic E-state index is 0. The van der Waals surface area contributed by atoms with Crippen molar-refractivity contribution in [2.45, 2.75) is 41.0 Å². The summed E-state index contributed by atoms with van der Waals surface area (Å²) >= 11 is 0. The molecule has 0 heterocycles. The third kappa shape index (κ3) is 24.9. The van der Waals surface area contributed by atoms with Crippen LogP contribution in [0, 0.1) is 5.92 Å². The Bertz CT molecular complexity index is 46.8. The molecule has 0 aromatic heterocycles. The van der Waals surface area contributed by atoms with Crippen molar-refractivity contribution >= 4 is 24.0 Å². The summed E-state index contributed by atoms with van der Waals surface area (Å²) < 4.78 is 5.24. The molecule has 11 heavy (non-hydrogen) atoms. The van der Waals surface area contributed by atoms with Gasteiger partial charge < -0.3 is 4.74 Å². The SMILES string of the molecule is CC.CCCOCC(C)C.I. The van der Waals surface area contributed by atoms with Crippen molar-refractivity contribution in [3.05, 3.63) is 0 Å². The predicted octanol–water partition coefficient (Wildman–Crippen LogP) is 3.71. The molecule has 0 saturated carbocycles. The van der Waals surface area contributed by atoms with Gasteiger partial charge in [-0.05, 0) is 12.3 Å². The molecule has 0 radical (unpaired) electrons. The fourth-order valence-corrected chi connectivity index (χ4v) is 0.463. The summed E-state index contributed by atoms with van der Waals surface area (Å²) in [5.74, 6) is 0.682. The molecule has 0 rings (SSSR count). The zero-order valence-electron chi connectivity index (χ0n) is 8.52. The van der Waals surface area contributed by atoms with E-state index in [0.717, 1.165) is 19.6 Å². The van der Waals surface area contributed by atoms with E-state index in [1.165, 1.54) is 0 Å². The quantitative estimate of drug-likeness (QED) is 0.561. The summed E-state index contributed by atoms with van der Waals surface area (Å²) in [6, 6.07) is 0. The van der Waals surface area contributed by atoms with Gasteiger partial charge in [0.05, 0.1) is 0 Å². The molecular weight excluding hydrogens is 251 g/mol. The minimum atomic E-state index is 0. The number of ether oxygens (including phenoxy) is 1. The highest BCUT2D eigenvalue weighted by atomic mass is 127. The smallest absolute Gasteiger partial charge is 0.0488 e. The van der Waals surface area contributed by atoms with Crippen LogP contribution in [0.15, 0.2) is 0 Å². The molecule has 1 nitrogen and oxygen atoms in total. The topological polar surface area (TPSA) is 9.23 Å². The zero-order valence-corrected chi connectivity index (χ0v) is 10.8. The van der Waals surface area contributed by atoms with Gasteiger partial charge >= 0.3 is 0 Å². The van der Waals surface area contributed by atoms with Crippen LogP contribution in [0.1, 0.15) is 41.0 Å². The lowest BCUT2D eigenvalue weighted by Gasteiger charge is -2.03. The lowest BCUT2D eigenvalue weighted by molar-refractivity contribution is 0.110. The van der Waals surface area contributed by atoms with E-state index in [1.807, 2.05) is 13.8 Å². The van der Waals surface area contributed by atoms with Gasteiger partial charge in [-0.15, -0.1) is 24.0 Å². The Labute approximate surface area is 88.9 Å². The van der Waals surface area contributed by atoms with Crippen LogP contribution in [-0.2, 0) is 4.74 Å². The summed E-state index contributed by atoms with van der Waals surface area (Å²) in [7, 11) is 0. The maximum absolute atomic E-state index is 5.24. The monoisotopic (exact) mass is 274 g/mol. The van der Waals surface area contributed by atoms with Gasteiger partial charge in [-0.2, -0.15) is 0 Å². The molecule has 0 aromatic rings. The maximum atomic E-state index is 5.24. The van der Waals surface area contributed by atoms with E-state index >= 15 is 0 Å². The van der Waals surface area contributed by atoms with Crippen LogP contribution in [0.3, 0.4) is 0 Å². The van der Waals surface area contributed by atoms with Gasteiger partial charge in [0.2, 0.25) is 0 Å². The first kappa shape index (κ1) is 17.7. The zero-order chi connectivity index (χ0) is 8.41. The fraction of sp³-hybridized carbons (Fsp3) is 1.00. The summed E-state index contributed by atoms with van der Waals surface area (Å²) in [6.07, 6.45) is 1.13. The second-order valence-electron chi connectivity index (χ2n) is 2.47. The molecule has 0 aliphatic rings. The van der Waals surface area contributed by atoms with E-state index in [4.69, 9.17) is 4.74 Å². The Hall–Kier alpha value is 0.690. The molecule has 0 bridgehead atoms. The van der Waals surface area contributed by atoms with Crippen LogP contribution in [0.2, 0.25) is 0 Å². The van der Waals surface area contributed by atoms with E-state index in [2.05, 4.69) is 20.8 Å². The van der Waals surface area contributed by atoms with Crippen LogP contribution in [0.4, 0.5) is 0 Å². The number of hydrogen-bond acceptors (Lipinski definition) is 1. The predicted molar refractivity (Wildman–Crippen MR) is 62.7 cm³/mol. The van der Waals surface area contributed by atoms with Gasteiger partial charge in [0.1, 0.15) is 0 Å². The summed E-state index contributed by atoms with van der Waals surface area (Å²) in [5, 5.41) is 0. The Kier molecular flexibility index (Phi) is 27.3. The van der Waals surface area contributed by atoms with Crippen molar-refractivity contribution in [1.82, 2.24) is 0 Å². The van der Waals surface area contributed by atoms with Gasteiger partial charge in [-0.1, -0.05) is 34.6 Å². The molecule has 2 heteroatoms. The average Bonchev–Trinajstić information content (AvgIpc) is 1.92. The van der Waals surface area contributed by atoms with E-state index < -0.39 is 0 Å². The highest BCUT2D eigenvalue weighted by Crippen LogP contribution is 1.92. The molecule has 0 aliphatic heterocycles. The first-order valence-corrected chi connectivity index (χ1v) is 4.35. The Balaban J connectivity index is -0.000000196.